The van der Waals surface area contributed by atoms with Crippen LogP contribution in [0.4, 0.5) is 0 Å². The van der Waals surface area contributed by atoms with E-state index in [4.69, 9.17) is 9.15 Å². The zero-order chi connectivity index (χ0) is 15.7. The maximum atomic E-state index is 5.96. The first-order chi connectivity index (χ1) is 11.2. The third kappa shape index (κ3) is 2.86. The number of rotatable bonds is 3. The van der Waals surface area contributed by atoms with Crippen LogP contribution in [0, 0.1) is 0 Å². The fourth-order valence-electron chi connectivity index (χ4n) is 3.13. The van der Waals surface area contributed by atoms with Crippen LogP contribution in [-0.2, 0) is 16.6 Å². The largest absolute Gasteiger partial charge is 0.424 e. The van der Waals surface area contributed by atoms with Crippen LogP contribution in [-0.4, -0.2) is 23.4 Å². The molecule has 4 rings (SSSR count). The van der Waals surface area contributed by atoms with Crippen molar-refractivity contribution in [2.75, 3.05) is 13.2 Å². The molecule has 0 radical (unpaired) electrons. The Morgan fingerprint density at radius 2 is 1.78 bits per heavy atom. The standard InChI is InChI=1S/C19H20N2O2/c1-19(8-10-22-11-9-19)18-21-20-17(23-18)13-14-6-7-15-4-2-3-5-16(15)12-14/h2-7,12H,8-11,13H2,1H3. The lowest BCUT2D eigenvalue weighted by Crippen LogP contribution is -2.30. The van der Waals surface area contributed by atoms with Gasteiger partial charge in [0.25, 0.3) is 0 Å². The van der Waals surface area contributed by atoms with Gasteiger partial charge in [-0.3, -0.25) is 0 Å². The summed E-state index contributed by atoms with van der Waals surface area (Å²) in [5, 5.41) is 11.0. The van der Waals surface area contributed by atoms with Crippen molar-refractivity contribution in [1.29, 1.82) is 0 Å². The summed E-state index contributed by atoms with van der Waals surface area (Å²) in [5.74, 6) is 1.43. The number of hydrogen-bond donors (Lipinski definition) is 0. The summed E-state index contributed by atoms with van der Waals surface area (Å²) >= 11 is 0. The molecule has 3 aromatic rings. The summed E-state index contributed by atoms with van der Waals surface area (Å²) in [6.07, 6.45) is 2.54. The zero-order valence-electron chi connectivity index (χ0n) is 13.3. The lowest BCUT2D eigenvalue weighted by Gasteiger charge is -2.29. The van der Waals surface area contributed by atoms with Gasteiger partial charge in [-0.2, -0.15) is 0 Å². The Balaban J connectivity index is 1.56. The number of aromatic nitrogens is 2. The Morgan fingerprint density at radius 1 is 1.00 bits per heavy atom. The monoisotopic (exact) mass is 308 g/mol. The highest BCUT2D eigenvalue weighted by atomic mass is 16.5. The maximum Gasteiger partial charge on any atom is 0.222 e. The normalized spacial score (nSPS) is 17.4. The van der Waals surface area contributed by atoms with E-state index in [2.05, 4.69) is 59.6 Å². The van der Waals surface area contributed by atoms with Gasteiger partial charge in [0.2, 0.25) is 11.8 Å². The Labute approximate surface area is 135 Å². The Morgan fingerprint density at radius 3 is 2.61 bits per heavy atom. The van der Waals surface area contributed by atoms with Gasteiger partial charge in [-0.15, -0.1) is 10.2 Å². The van der Waals surface area contributed by atoms with E-state index in [9.17, 15) is 0 Å². The van der Waals surface area contributed by atoms with Crippen LogP contribution in [0.1, 0.15) is 37.1 Å². The molecular formula is C19H20N2O2. The SMILES string of the molecule is CC1(c2nnc(Cc3ccc4ccccc4c3)o2)CCOCC1. The minimum absolute atomic E-state index is 0.0487. The van der Waals surface area contributed by atoms with E-state index >= 15 is 0 Å². The third-order valence-corrected chi connectivity index (χ3v) is 4.75. The molecule has 23 heavy (non-hydrogen) atoms. The van der Waals surface area contributed by atoms with Gasteiger partial charge in [0, 0.05) is 13.2 Å². The van der Waals surface area contributed by atoms with Crippen molar-refractivity contribution in [2.45, 2.75) is 31.6 Å². The molecule has 1 fully saturated rings. The minimum atomic E-state index is -0.0487. The minimum Gasteiger partial charge on any atom is -0.424 e. The van der Waals surface area contributed by atoms with E-state index in [1.807, 2.05) is 0 Å². The maximum absolute atomic E-state index is 5.96. The zero-order valence-corrected chi connectivity index (χ0v) is 13.3. The Bertz CT molecular complexity index is 819. The van der Waals surface area contributed by atoms with E-state index in [1.54, 1.807) is 0 Å². The highest BCUT2D eigenvalue weighted by Gasteiger charge is 2.34. The lowest BCUT2D eigenvalue weighted by atomic mass is 9.82. The Kier molecular flexibility index (Phi) is 3.62. The molecule has 1 aromatic heterocycles. The summed E-state index contributed by atoms with van der Waals surface area (Å²) in [6, 6.07) is 14.8. The molecular weight excluding hydrogens is 288 g/mol. The molecule has 4 heteroatoms. The number of ether oxygens (including phenoxy) is 1. The summed E-state index contributed by atoms with van der Waals surface area (Å²) in [6.45, 7) is 3.71. The average Bonchev–Trinajstić information content (AvgIpc) is 3.05. The number of nitrogens with zero attached hydrogens (tertiary/aromatic N) is 2. The molecule has 0 unspecified atom stereocenters. The van der Waals surface area contributed by atoms with Gasteiger partial charge in [0.05, 0.1) is 11.8 Å². The molecule has 2 aromatic carbocycles. The molecule has 1 saturated heterocycles. The smallest absolute Gasteiger partial charge is 0.222 e. The first-order valence-electron chi connectivity index (χ1n) is 8.11. The van der Waals surface area contributed by atoms with E-state index in [0.717, 1.165) is 31.9 Å². The van der Waals surface area contributed by atoms with Crippen molar-refractivity contribution in [3.8, 4) is 0 Å². The highest BCUT2D eigenvalue weighted by Crippen LogP contribution is 2.33. The predicted molar refractivity (Wildman–Crippen MR) is 88.5 cm³/mol. The van der Waals surface area contributed by atoms with Crippen LogP contribution in [0.15, 0.2) is 46.9 Å². The second-order valence-electron chi connectivity index (χ2n) is 6.53. The summed E-state index contributed by atoms with van der Waals surface area (Å²) in [5.41, 5.74) is 1.14. The van der Waals surface area contributed by atoms with Crippen molar-refractivity contribution >= 4 is 10.8 Å². The van der Waals surface area contributed by atoms with Gasteiger partial charge >= 0.3 is 0 Å². The van der Waals surface area contributed by atoms with Crippen molar-refractivity contribution in [1.82, 2.24) is 10.2 Å². The molecule has 4 nitrogen and oxygen atoms in total. The van der Waals surface area contributed by atoms with Crippen LogP contribution in [0.5, 0.6) is 0 Å². The van der Waals surface area contributed by atoms with E-state index < -0.39 is 0 Å². The van der Waals surface area contributed by atoms with Gasteiger partial charge < -0.3 is 9.15 Å². The lowest BCUT2D eigenvalue weighted by molar-refractivity contribution is 0.0466. The van der Waals surface area contributed by atoms with Crippen molar-refractivity contribution in [2.24, 2.45) is 0 Å². The summed E-state index contributed by atoms with van der Waals surface area (Å²) in [4.78, 5) is 0. The van der Waals surface area contributed by atoms with Gasteiger partial charge in [0.1, 0.15) is 0 Å². The number of fused-ring (bicyclic) bond motifs is 1. The van der Waals surface area contributed by atoms with Crippen LogP contribution in [0.25, 0.3) is 10.8 Å². The molecule has 0 atom stereocenters. The van der Waals surface area contributed by atoms with Crippen LogP contribution in [0.2, 0.25) is 0 Å². The fourth-order valence-corrected chi connectivity index (χ4v) is 3.13. The summed E-state index contributed by atoms with van der Waals surface area (Å²) in [7, 11) is 0. The van der Waals surface area contributed by atoms with E-state index in [-0.39, 0.29) is 5.41 Å². The quantitative estimate of drug-likeness (QED) is 0.736. The van der Waals surface area contributed by atoms with Crippen LogP contribution in [0.3, 0.4) is 0 Å². The average molecular weight is 308 g/mol. The van der Waals surface area contributed by atoms with Gasteiger partial charge in [-0.1, -0.05) is 49.4 Å². The molecule has 0 N–H and O–H groups in total. The molecule has 0 amide bonds. The molecule has 1 aliphatic rings. The molecule has 1 aliphatic heterocycles. The molecule has 2 heterocycles. The first-order valence-corrected chi connectivity index (χ1v) is 8.11. The number of hydrogen-bond acceptors (Lipinski definition) is 4. The number of benzene rings is 2. The molecule has 0 bridgehead atoms. The second-order valence-corrected chi connectivity index (χ2v) is 6.53. The van der Waals surface area contributed by atoms with Crippen LogP contribution >= 0.6 is 0 Å². The summed E-state index contributed by atoms with van der Waals surface area (Å²) < 4.78 is 11.4. The van der Waals surface area contributed by atoms with Crippen molar-refractivity contribution in [3.05, 3.63) is 59.8 Å². The van der Waals surface area contributed by atoms with E-state index in [1.165, 1.54) is 16.3 Å². The molecule has 118 valence electrons. The molecule has 0 aliphatic carbocycles. The predicted octanol–water partition coefficient (Wildman–Crippen LogP) is 3.88. The topological polar surface area (TPSA) is 48.2 Å². The molecule has 0 spiro atoms. The van der Waals surface area contributed by atoms with Crippen molar-refractivity contribution < 1.29 is 9.15 Å². The third-order valence-electron chi connectivity index (χ3n) is 4.75. The fraction of sp³-hybridized carbons (Fsp3) is 0.368. The highest BCUT2D eigenvalue weighted by molar-refractivity contribution is 5.83. The van der Waals surface area contributed by atoms with Gasteiger partial charge in [0.15, 0.2) is 0 Å². The van der Waals surface area contributed by atoms with E-state index in [0.29, 0.717) is 12.3 Å². The Hall–Kier alpha value is -2.20. The van der Waals surface area contributed by atoms with Crippen LogP contribution < -0.4 is 0 Å². The first kappa shape index (κ1) is 14.4. The van der Waals surface area contributed by atoms with Crippen molar-refractivity contribution in [3.63, 3.8) is 0 Å². The molecule has 0 saturated carbocycles. The van der Waals surface area contributed by atoms with Gasteiger partial charge in [-0.25, -0.2) is 0 Å². The second kappa shape index (κ2) is 5.78. The van der Waals surface area contributed by atoms with Gasteiger partial charge in [-0.05, 0) is 29.2 Å².